The van der Waals surface area contributed by atoms with Gasteiger partial charge < -0.3 is 5.32 Å². The third-order valence-corrected chi connectivity index (χ3v) is 5.09. The Morgan fingerprint density at radius 2 is 1.67 bits per heavy atom. The highest BCUT2D eigenvalue weighted by Crippen LogP contribution is 2.24. The summed E-state index contributed by atoms with van der Waals surface area (Å²) >= 11 is 11.9. The molecule has 0 aromatic heterocycles. The van der Waals surface area contributed by atoms with E-state index >= 15 is 0 Å². The van der Waals surface area contributed by atoms with Gasteiger partial charge in [-0.3, -0.25) is 4.79 Å². The van der Waals surface area contributed by atoms with Crippen molar-refractivity contribution >= 4 is 29.1 Å². The van der Waals surface area contributed by atoms with E-state index in [1.807, 2.05) is 19.1 Å². The second-order valence-corrected chi connectivity index (χ2v) is 7.15. The number of carbonyl (C=O) groups excluding carboxylic acids is 1. The molecule has 2 aromatic carbocycles. The number of halogens is 2. The van der Waals surface area contributed by atoms with Crippen molar-refractivity contribution < 1.29 is 4.79 Å². The van der Waals surface area contributed by atoms with Crippen molar-refractivity contribution in [3.05, 3.63) is 68.2 Å². The maximum absolute atomic E-state index is 12.2. The van der Waals surface area contributed by atoms with Crippen LogP contribution < -0.4 is 5.32 Å². The van der Waals surface area contributed by atoms with Gasteiger partial charge in [-0.2, -0.15) is 0 Å². The van der Waals surface area contributed by atoms with E-state index in [9.17, 15) is 4.79 Å². The summed E-state index contributed by atoms with van der Waals surface area (Å²) in [5.74, 6) is 0.0335. The van der Waals surface area contributed by atoms with Crippen LogP contribution in [0.5, 0.6) is 0 Å². The number of aryl methyl sites for hydroxylation is 4. The topological polar surface area (TPSA) is 29.1 Å². The number of benzene rings is 2. The van der Waals surface area contributed by atoms with Crippen LogP contribution in [0.1, 0.15) is 47.2 Å². The number of hydrogen-bond donors (Lipinski definition) is 1. The van der Waals surface area contributed by atoms with E-state index in [-0.39, 0.29) is 11.9 Å². The summed E-state index contributed by atoms with van der Waals surface area (Å²) in [5.41, 5.74) is 5.90. The maximum atomic E-state index is 12.2. The molecule has 0 saturated carbocycles. The van der Waals surface area contributed by atoms with Gasteiger partial charge in [-0.05, 0) is 74.1 Å². The van der Waals surface area contributed by atoms with Gasteiger partial charge in [0, 0.05) is 6.42 Å². The molecule has 0 unspecified atom stereocenters. The summed E-state index contributed by atoms with van der Waals surface area (Å²) in [7, 11) is 0. The smallest absolute Gasteiger partial charge is 0.220 e. The van der Waals surface area contributed by atoms with Crippen LogP contribution >= 0.6 is 23.2 Å². The molecular formula is C20H23Cl2NO. The summed E-state index contributed by atoms with van der Waals surface area (Å²) in [4.78, 5) is 12.2. The zero-order valence-corrected chi connectivity index (χ0v) is 16.1. The highest BCUT2D eigenvalue weighted by atomic mass is 35.5. The lowest BCUT2D eigenvalue weighted by molar-refractivity contribution is -0.121. The average molecular weight is 364 g/mol. The molecule has 2 aromatic rings. The van der Waals surface area contributed by atoms with Crippen molar-refractivity contribution in [3.63, 3.8) is 0 Å². The Morgan fingerprint density at radius 3 is 2.33 bits per heavy atom. The number of hydrogen-bond acceptors (Lipinski definition) is 1. The molecule has 4 heteroatoms. The summed E-state index contributed by atoms with van der Waals surface area (Å²) in [5, 5.41) is 4.14. The van der Waals surface area contributed by atoms with Crippen molar-refractivity contribution in [2.45, 2.75) is 46.6 Å². The molecular weight excluding hydrogens is 341 g/mol. The molecule has 2 rings (SSSR count). The van der Waals surface area contributed by atoms with Gasteiger partial charge >= 0.3 is 0 Å². The van der Waals surface area contributed by atoms with Crippen LogP contribution in [0.25, 0.3) is 0 Å². The first-order valence-electron chi connectivity index (χ1n) is 8.09. The fraction of sp³-hybridized carbons (Fsp3) is 0.350. The van der Waals surface area contributed by atoms with Crippen LogP contribution in [0.2, 0.25) is 10.0 Å². The molecule has 0 heterocycles. The van der Waals surface area contributed by atoms with E-state index in [2.05, 4.69) is 38.2 Å². The molecule has 0 aliphatic carbocycles. The van der Waals surface area contributed by atoms with Gasteiger partial charge in [-0.1, -0.05) is 41.4 Å². The highest BCUT2D eigenvalue weighted by Gasteiger charge is 2.13. The second-order valence-electron chi connectivity index (χ2n) is 6.33. The molecule has 0 aliphatic heterocycles. The first-order chi connectivity index (χ1) is 11.3. The highest BCUT2D eigenvalue weighted by molar-refractivity contribution is 6.42. The van der Waals surface area contributed by atoms with E-state index in [0.29, 0.717) is 22.9 Å². The number of nitrogens with one attached hydrogen (secondary N) is 1. The van der Waals surface area contributed by atoms with Crippen LogP contribution in [0.4, 0.5) is 0 Å². The lowest BCUT2D eigenvalue weighted by Gasteiger charge is -2.18. The Bertz CT molecular complexity index is 756. The molecule has 0 aliphatic rings. The SMILES string of the molecule is Cc1cc(C)c([C@H](C)NC(=O)CCc2ccc(Cl)c(Cl)c2)cc1C. The summed E-state index contributed by atoms with van der Waals surface area (Å²) in [6.07, 6.45) is 1.06. The van der Waals surface area contributed by atoms with Crippen LogP contribution in [-0.2, 0) is 11.2 Å². The molecule has 24 heavy (non-hydrogen) atoms. The number of carbonyl (C=O) groups is 1. The lowest BCUT2D eigenvalue weighted by Crippen LogP contribution is -2.27. The molecule has 128 valence electrons. The first-order valence-corrected chi connectivity index (χ1v) is 8.84. The zero-order chi connectivity index (χ0) is 17.9. The van der Waals surface area contributed by atoms with E-state index in [1.165, 1.54) is 22.3 Å². The molecule has 0 saturated heterocycles. The zero-order valence-electron chi connectivity index (χ0n) is 14.5. The third-order valence-electron chi connectivity index (χ3n) is 4.35. The normalized spacial score (nSPS) is 12.1. The quantitative estimate of drug-likeness (QED) is 0.721. The van der Waals surface area contributed by atoms with Crippen molar-refractivity contribution in [3.8, 4) is 0 Å². The Hall–Kier alpha value is -1.51. The minimum atomic E-state index is -0.00870. The summed E-state index contributed by atoms with van der Waals surface area (Å²) < 4.78 is 0. The third kappa shape index (κ3) is 4.75. The summed E-state index contributed by atoms with van der Waals surface area (Å²) in [6, 6.07) is 9.80. The molecule has 0 spiro atoms. The molecule has 0 bridgehead atoms. The van der Waals surface area contributed by atoms with Crippen molar-refractivity contribution in [2.24, 2.45) is 0 Å². The van der Waals surface area contributed by atoms with E-state index in [4.69, 9.17) is 23.2 Å². The van der Waals surface area contributed by atoms with Crippen molar-refractivity contribution in [2.75, 3.05) is 0 Å². The van der Waals surface area contributed by atoms with E-state index in [0.717, 1.165) is 5.56 Å². The number of amides is 1. The number of rotatable bonds is 5. The second kappa shape index (κ2) is 8.04. The predicted molar refractivity (Wildman–Crippen MR) is 102 cm³/mol. The van der Waals surface area contributed by atoms with Crippen molar-refractivity contribution in [1.82, 2.24) is 5.32 Å². The van der Waals surface area contributed by atoms with Gasteiger partial charge in [0.2, 0.25) is 5.91 Å². The Morgan fingerprint density at radius 1 is 1.00 bits per heavy atom. The van der Waals surface area contributed by atoms with Crippen LogP contribution in [0, 0.1) is 20.8 Å². The van der Waals surface area contributed by atoms with Crippen LogP contribution in [-0.4, -0.2) is 5.91 Å². The van der Waals surface area contributed by atoms with Gasteiger partial charge in [-0.25, -0.2) is 0 Å². The fourth-order valence-electron chi connectivity index (χ4n) is 2.79. The largest absolute Gasteiger partial charge is 0.350 e. The van der Waals surface area contributed by atoms with Gasteiger partial charge in [0.05, 0.1) is 16.1 Å². The minimum absolute atomic E-state index is 0.00870. The van der Waals surface area contributed by atoms with E-state index < -0.39 is 0 Å². The fourth-order valence-corrected chi connectivity index (χ4v) is 3.11. The monoisotopic (exact) mass is 363 g/mol. The average Bonchev–Trinajstić information content (AvgIpc) is 2.52. The standard InChI is InChI=1S/C20H23Cl2NO/c1-12-9-14(3)17(10-13(12)2)15(4)23-20(24)8-6-16-5-7-18(21)19(22)11-16/h5,7,9-11,15H,6,8H2,1-4H3,(H,23,24)/t15-/m0/s1. The molecule has 1 atom stereocenters. The molecule has 1 amide bonds. The predicted octanol–water partition coefficient (Wildman–Crippen LogP) is 5.73. The van der Waals surface area contributed by atoms with Gasteiger partial charge in [0.15, 0.2) is 0 Å². The van der Waals surface area contributed by atoms with Gasteiger partial charge in [0.25, 0.3) is 0 Å². The maximum Gasteiger partial charge on any atom is 0.220 e. The van der Waals surface area contributed by atoms with Gasteiger partial charge in [0.1, 0.15) is 0 Å². The molecule has 1 N–H and O–H groups in total. The van der Waals surface area contributed by atoms with Gasteiger partial charge in [-0.15, -0.1) is 0 Å². The van der Waals surface area contributed by atoms with Crippen LogP contribution in [0.15, 0.2) is 30.3 Å². The first kappa shape index (κ1) is 18.8. The van der Waals surface area contributed by atoms with Crippen LogP contribution in [0.3, 0.4) is 0 Å². The lowest BCUT2D eigenvalue weighted by atomic mass is 9.96. The Kier molecular flexibility index (Phi) is 6.31. The molecule has 0 fully saturated rings. The Labute approximate surface area is 154 Å². The Balaban J connectivity index is 1.96. The van der Waals surface area contributed by atoms with E-state index in [1.54, 1.807) is 6.07 Å². The molecule has 0 radical (unpaired) electrons. The molecule has 2 nitrogen and oxygen atoms in total. The summed E-state index contributed by atoms with van der Waals surface area (Å²) in [6.45, 7) is 8.30. The van der Waals surface area contributed by atoms with Crippen molar-refractivity contribution in [1.29, 1.82) is 0 Å². The minimum Gasteiger partial charge on any atom is -0.350 e.